The molecule has 1 spiro atoms. The number of hydrogen-bond acceptors (Lipinski definition) is 5. The van der Waals surface area contributed by atoms with Gasteiger partial charge in [-0.3, -0.25) is 14.5 Å². The molecular weight excluding hydrogens is 422 g/mol. The lowest BCUT2D eigenvalue weighted by Gasteiger charge is -2.38. The van der Waals surface area contributed by atoms with Crippen LogP contribution in [0, 0.1) is 0 Å². The number of carbonyl (C=O) groups excluding carboxylic acids is 3. The van der Waals surface area contributed by atoms with Gasteiger partial charge in [-0.15, -0.1) is 0 Å². The van der Waals surface area contributed by atoms with Crippen molar-refractivity contribution >= 4 is 29.4 Å². The van der Waals surface area contributed by atoms with Gasteiger partial charge in [0.25, 0.3) is 11.8 Å². The van der Waals surface area contributed by atoms with Crippen LogP contribution >= 0.6 is 11.6 Å². The van der Waals surface area contributed by atoms with Crippen molar-refractivity contribution in [3.05, 3.63) is 58.6 Å². The molecule has 3 aliphatic heterocycles. The van der Waals surface area contributed by atoms with Crippen LogP contribution in [-0.4, -0.2) is 53.1 Å². The molecule has 4 amide bonds. The van der Waals surface area contributed by atoms with E-state index in [1.807, 2.05) is 0 Å². The van der Waals surface area contributed by atoms with Crippen LogP contribution in [0.1, 0.15) is 28.8 Å². The topological polar surface area (TPSA) is 88.2 Å². The van der Waals surface area contributed by atoms with Gasteiger partial charge in [0.1, 0.15) is 5.54 Å². The number of imide groups is 1. The summed E-state index contributed by atoms with van der Waals surface area (Å²) in [5.74, 6) is 0.603. The maximum absolute atomic E-state index is 13.3. The normalized spacial score (nSPS) is 22.2. The smallest absolute Gasteiger partial charge is 0.325 e. The third kappa shape index (κ3) is 3.46. The first kappa shape index (κ1) is 19.7. The molecule has 160 valence electrons. The second-order valence-corrected chi connectivity index (χ2v) is 8.36. The minimum absolute atomic E-state index is 0.127. The summed E-state index contributed by atoms with van der Waals surface area (Å²) < 4.78 is 10.7. The lowest BCUT2D eigenvalue weighted by Crippen LogP contribution is -2.59. The number of carbonyl (C=O) groups is 3. The zero-order chi connectivity index (χ0) is 21.6. The second kappa shape index (κ2) is 7.46. The van der Waals surface area contributed by atoms with Gasteiger partial charge >= 0.3 is 6.03 Å². The highest BCUT2D eigenvalue weighted by molar-refractivity contribution is 6.30. The molecule has 8 nitrogen and oxygen atoms in total. The van der Waals surface area contributed by atoms with Crippen LogP contribution in [0.3, 0.4) is 0 Å². The molecule has 0 bridgehead atoms. The zero-order valence-corrected chi connectivity index (χ0v) is 17.4. The maximum atomic E-state index is 13.3. The molecule has 5 rings (SSSR count). The molecule has 2 saturated heterocycles. The highest BCUT2D eigenvalue weighted by atomic mass is 35.5. The number of amides is 4. The van der Waals surface area contributed by atoms with Gasteiger partial charge in [0.15, 0.2) is 11.5 Å². The Hall–Kier alpha value is -3.26. The number of rotatable bonds is 3. The molecule has 1 atom stereocenters. The monoisotopic (exact) mass is 441 g/mol. The van der Waals surface area contributed by atoms with E-state index < -0.39 is 11.6 Å². The van der Waals surface area contributed by atoms with Crippen LogP contribution in [0.25, 0.3) is 0 Å². The highest BCUT2D eigenvalue weighted by Crippen LogP contribution is 2.34. The molecule has 1 N–H and O–H groups in total. The van der Waals surface area contributed by atoms with Crippen LogP contribution < -0.4 is 14.8 Å². The fourth-order valence-corrected chi connectivity index (χ4v) is 4.44. The van der Waals surface area contributed by atoms with Crippen molar-refractivity contribution in [3.63, 3.8) is 0 Å². The van der Waals surface area contributed by atoms with Crippen molar-refractivity contribution in [2.75, 3.05) is 19.9 Å². The maximum Gasteiger partial charge on any atom is 0.325 e. The number of ether oxygens (including phenoxy) is 2. The largest absolute Gasteiger partial charge is 0.454 e. The zero-order valence-electron chi connectivity index (χ0n) is 16.6. The van der Waals surface area contributed by atoms with Crippen molar-refractivity contribution in [2.24, 2.45) is 0 Å². The van der Waals surface area contributed by atoms with E-state index in [9.17, 15) is 14.4 Å². The van der Waals surface area contributed by atoms with Crippen molar-refractivity contribution < 1.29 is 23.9 Å². The van der Waals surface area contributed by atoms with Crippen LogP contribution in [-0.2, 0) is 11.3 Å². The molecule has 0 aliphatic carbocycles. The molecule has 0 unspecified atom stereocenters. The lowest BCUT2D eigenvalue weighted by atomic mass is 9.88. The Kier molecular flexibility index (Phi) is 4.74. The van der Waals surface area contributed by atoms with Crippen LogP contribution in [0.2, 0.25) is 5.02 Å². The molecule has 3 heterocycles. The molecule has 3 aliphatic rings. The van der Waals surface area contributed by atoms with E-state index >= 15 is 0 Å². The van der Waals surface area contributed by atoms with Gasteiger partial charge in [0.05, 0.1) is 13.1 Å². The van der Waals surface area contributed by atoms with Crippen molar-refractivity contribution in [2.45, 2.75) is 24.9 Å². The molecule has 0 radical (unpaired) electrons. The van der Waals surface area contributed by atoms with Crippen LogP contribution in [0.15, 0.2) is 42.5 Å². The van der Waals surface area contributed by atoms with E-state index in [0.29, 0.717) is 41.5 Å². The van der Waals surface area contributed by atoms with Gasteiger partial charge < -0.3 is 19.7 Å². The molecule has 9 heteroatoms. The number of hydrogen-bond donors (Lipinski definition) is 1. The fraction of sp³-hybridized carbons (Fsp3) is 0.318. The number of halogens is 1. The van der Waals surface area contributed by atoms with Gasteiger partial charge in [-0.05, 0) is 48.7 Å². The van der Waals surface area contributed by atoms with Gasteiger partial charge in [-0.25, -0.2) is 4.79 Å². The number of piperidine rings is 1. The predicted molar refractivity (Wildman–Crippen MR) is 111 cm³/mol. The van der Waals surface area contributed by atoms with Crippen LogP contribution in [0.5, 0.6) is 11.5 Å². The second-order valence-electron chi connectivity index (χ2n) is 7.93. The summed E-state index contributed by atoms with van der Waals surface area (Å²) in [7, 11) is 0. The molecule has 0 aromatic heterocycles. The Morgan fingerprint density at radius 2 is 1.87 bits per heavy atom. The van der Waals surface area contributed by atoms with E-state index in [2.05, 4.69) is 5.32 Å². The summed E-state index contributed by atoms with van der Waals surface area (Å²) in [4.78, 5) is 41.8. The van der Waals surface area contributed by atoms with Gasteiger partial charge in [-0.1, -0.05) is 23.7 Å². The summed E-state index contributed by atoms with van der Waals surface area (Å²) in [6, 6.07) is 11.6. The third-order valence-electron chi connectivity index (χ3n) is 5.90. The first-order valence-corrected chi connectivity index (χ1v) is 10.4. The molecule has 2 fully saturated rings. The molecule has 2 aromatic rings. The van der Waals surface area contributed by atoms with E-state index in [0.717, 1.165) is 5.56 Å². The number of fused-ring (bicyclic) bond motifs is 1. The molecular formula is C22H20ClN3O5. The first-order valence-electron chi connectivity index (χ1n) is 10.0. The Morgan fingerprint density at radius 3 is 2.68 bits per heavy atom. The number of nitrogens with zero attached hydrogens (tertiary/aromatic N) is 2. The molecule has 31 heavy (non-hydrogen) atoms. The summed E-state index contributed by atoms with van der Waals surface area (Å²) in [6.07, 6.45) is 1.09. The quantitative estimate of drug-likeness (QED) is 0.740. The summed E-state index contributed by atoms with van der Waals surface area (Å²) in [5.41, 5.74) is 0.151. The average molecular weight is 442 g/mol. The van der Waals surface area contributed by atoms with Gasteiger partial charge in [0, 0.05) is 17.1 Å². The minimum atomic E-state index is -1.10. The van der Waals surface area contributed by atoms with Crippen molar-refractivity contribution in [1.82, 2.24) is 15.1 Å². The Bertz CT molecular complexity index is 1070. The predicted octanol–water partition coefficient (Wildman–Crippen LogP) is 2.80. The Balaban J connectivity index is 1.34. The average Bonchev–Trinajstić information content (AvgIpc) is 3.33. The van der Waals surface area contributed by atoms with E-state index in [1.165, 1.54) is 4.90 Å². The summed E-state index contributed by atoms with van der Waals surface area (Å²) in [5, 5.41) is 3.44. The molecule has 0 saturated carbocycles. The number of benzene rings is 2. The minimum Gasteiger partial charge on any atom is -0.454 e. The number of urea groups is 1. The summed E-state index contributed by atoms with van der Waals surface area (Å²) in [6.45, 7) is 0.917. The number of likely N-dealkylation sites (tertiary alicyclic amines) is 1. The highest BCUT2D eigenvalue weighted by Gasteiger charge is 2.53. The molecule has 2 aromatic carbocycles. The lowest BCUT2D eigenvalue weighted by molar-refractivity contribution is -0.133. The summed E-state index contributed by atoms with van der Waals surface area (Å²) >= 11 is 5.92. The standard InChI is InChI=1S/C22H20ClN3O5/c23-16-5-2-14(3-6-16)11-26-20(28)22(24-21(26)29)8-1-9-25(12-22)19(27)15-4-7-17-18(10-15)31-13-30-17/h2-7,10H,1,8-9,11-13H2,(H,24,29)/t22-/m0/s1. The van der Waals surface area contributed by atoms with E-state index in [-0.39, 0.29) is 31.7 Å². The fourth-order valence-electron chi connectivity index (χ4n) is 4.31. The van der Waals surface area contributed by atoms with E-state index in [4.69, 9.17) is 21.1 Å². The third-order valence-corrected chi connectivity index (χ3v) is 6.15. The first-order chi connectivity index (χ1) is 14.9. The Labute approximate surface area is 183 Å². The Morgan fingerprint density at radius 1 is 1.10 bits per heavy atom. The van der Waals surface area contributed by atoms with Crippen LogP contribution in [0.4, 0.5) is 4.79 Å². The number of nitrogens with one attached hydrogen (secondary N) is 1. The van der Waals surface area contributed by atoms with Gasteiger partial charge in [-0.2, -0.15) is 0 Å². The van der Waals surface area contributed by atoms with Crippen molar-refractivity contribution in [1.29, 1.82) is 0 Å². The van der Waals surface area contributed by atoms with Crippen molar-refractivity contribution in [3.8, 4) is 11.5 Å². The van der Waals surface area contributed by atoms with E-state index in [1.54, 1.807) is 47.4 Å². The van der Waals surface area contributed by atoms with Gasteiger partial charge in [0.2, 0.25) is 6.79 Å². The SMILES string of the molecule is O=C(c1ccc2c(c1)OCO2)N1CCC[C@@]2(C1)NC(=O)N(Cc1ccc(Cl)cc1)C2=O.